The zero-order chi connectivity index (χ0) is 13.8. The van der Waals surface area contributed by atoms with Crippen molar-refractivity contribution in [3.05, 3.63) is 59.7 Å². The van der Waals surface area contributed by atoms with Crippen LogP contribution in [0.2, 0.25) is 0 Å². The summed E-state index contributed by atoms with van der Waals surface area (Å²) in [6, 6.07) is 14.7. The summed E-state index contributed by atoms with van der Waals surface area (Å²) in [7, 11) is -2.27. The third-order valence-electron chi connectivity index (χ3n) is 3.08. The number of nitrogens with two attached hydrogens (primary N) is 2. The second kappa shape index (κ2) is 5.83. The van der Waals surface area contributed by atoms with E-state index in [1.807, 2.05) is 36.4 Å². The van der Waals surface area contributed by atoms with Crippen LogP contribution in [-0.2, 0) is 4.57 Å². The van der Waals surface area contributed by atoms with Crippen LogP contribution in [0.15, 0.2) is 48.5 Å². The molecule has 98 valence electrons. The van der Waals surface area contributed by atoms with E-state index in [2.05, 4.69) is 0 Å². The van der Waals surface area contributed by atoms with Crippen molar-refractivity contribution in [2.45, 2.75) is 5.92 Å². The van der Waals surface area contributed by atoms with Gasteiger partial charge in [-0.1, -0.05) is 36.4 Å². The number of anilines is 2. The molecule has 0 radical (unpaired) electrons. The van der Waals surface area contributed by atoms with Crippen LogP contribution in [0.4, 0.5) is 11.4 Å². The minimum atomic E-state index is -2.27. The van der Waals surface area contributed by atoms with Gasteiger partial charge in [0.25, 0.3) is 0 Å². The first kappa shape index (κ1) is 13.5. The highest BCUT2D eigenvalue weighted by atomic mass is 31.1. The third kappa shape index (κ3) is 3.11. The summed E-state index contributed by atoms with van der Waals surface area (Å²) >= 11 is 0. The molecule has 1 atom stereocenters. The summed E-state index contributed by atoms with van der Waals surface area (Å²) in [6.45, 7) is 0. The molecule has 0 amide bonds. The van der Waals surface area contributed by atoms with Gasteiger partial charge in [-0.2, -0.15) is 4.89 Å². The summed E-state index contributed by atoms with van der Waals surface area (Å²) in [4.78, 5) is 9.25. The van der Waals surface area contributed by atoms with Gasteiger partial charge in [-0.05, 0) is 27.8 Å². The molecule has 0 aliphatic carbocycles. The topological polar surface area (TPSA) is 89.3 Å². The van der Waals surface area contributed by atoms with Crippen molar-refractivity contribution < 1.29 is 9.46 Å². The van der Waals surface area contributed by atoms with Crippen LogP contribution in [0.5, 0.6) is 0 Å². The van der Waals surface area contributed by atoms with Gasteiger partial charge in [-0.15, -0.1) is 0 Å². The lowest BCUT2D eigenvalue weighted by Gasteiger charge is -2.16. The highest BCUT2D eigenvalue weighted by molar-refractivity contribution is 7.38. The fraction of sp³-hybridized carbons (Fsp3) is 0.143. The number of para-hydroxylation sites is 2. The molecule has 2 rings (SSSR count). The van der Waals surface area contributed by atoms with Crippen molar-refractivity contribution in [3.8, 4) is 0 Å². The predicted octanol–water partition coefficient (Wildman–Crippen LogP) is 2.72. The Morgan fingerprint density at radius 1 is 0.947 bits per heavy atom. The van der Waals surface area contributed by atoms with Gasteiger partial charge in [-0.25, -0.2) is 0 Å². The van der Waals surface area contributed by atoms with E-state index in [4.69, 9.17) is 11.5 Å². The Bertz CT molecular complexity index is 556. The number of nitrogen functional groups attached to an aromatic ring is 2. The second-order valence-corrected chi connectivity index (χ2v) is 5.41. The van der Waals surface area contributed by atoms with Crippen molar-refractivity contribution in [1.82, 2.24) is 0 Å². The smallest absolute Gasteiger partial charge is 0.398 e. The molecule has 2 aromatic rings. The van der Waals surface area contributed by atoms with Crippen molar-refractivity contribution >= 4 is 19.4 Å². The lowest BCUT2D eigenvalue weighted by atomic mass is 9.90. The van der Waals surface area contributed by atoms with E-state index in [0.29, 0.717) is 11.4 Å². The molecular formula is C14H16N2O2P+. The van der Waals surface area contributed by atoms with Crippen molar-refractivity contribution in [2.75, 3.05) is 17.6 Å². The van der Waals surface area contributed by atoms with Crippen LogP contribution in [0.3, 0.4) is 0 Å². The molecular weight excluding hydrogens is 259 g/mol. The minimum Gasteiger partial charge on any atom is -0.398 e. The Balaban J connectivity index is 2.51. The molecule has 5 N–H and O–H groups in total. The largest absolute Gasteiger partial charge is 0.506 e. The van der Waals surface area contributed by atoms with Gasteiger partial charge < -0.3 is 11.5 Å². The van der Waals surface area contributed by atoms with E-state index >= 15 is 0 Å². The lowest BCUT2D eigenvalue weighted by molar-refractivity contribution is 0.500. The first-order chi connectivity index (χ1) is 9.09. The van der Waals surface area contributed by atoms with Gasteiger partial charge in [-0.3, -0.25) is 0 Å². The summed E-state index contributed by atoms with van der Waals surface area (Å²) in [6.07, 6.45) is 0.109. The molecule has 0 aliphatic heterocycles. The molecule has 2 aromatic carbocycles. The monoisotopic (exact) mass is 275 g/mol. The molecule has 0 fully saturated rings. The highest BCUT2D eigenvalue weighted by Gasteiger charge is 2.27. The van der Waals surface area contributed by atoms with Crippen LogP contribution >= 0.6 is 8.03 Å². The van der Waals surface area contributed by atoms with E-state index in [1.54, 1.807) is 12.1 Å². The summed E-state index contributed by atoms with van der Waals surface area (Å²) in [5.74, 6) is -0.268. The zero-order valence-electron chi connectivity index (χ0n) is 10.4. The summed E-state index contributed by atoms with van der Waals surface area (Å²) in [5.41, 5.74) is 14.8. The van der Waals surface area contributed by atoms with E-state index in [0.717, 1.165) is 11.1 Å². The van der Waals surface area contributed by atoms with Gasteiger partial charge in [0, 0.05) is 11.4 Å². The van der Waals surface area contributed by atoms with Crippen LogP contribution in [-0.4, -0.2) is 11.1 Å². The van der Waals surface area contributed by atoms with E-state index in [-0.39, 0.29) is 12.1 Å². The fourth-order valence-corrected chi connectivity index (χ4v) is 2.88. The SMILES string of the molecule is Nc1ccccc1C(C[P+](=O)O)c1ccccc1N. The average Bonchev–Trinajstić information content (AvgIpc) is 2.37. The predicted molar refractivity (Wildman–Crippen MR) is 78.2 cm³/mol. The molecule has 0 saturated carbocycles. The maximum atomic E-state index is 11.2. The first-order valence-electron chi connectivity index (χ1n) is 5.92. The fourth-order valence-electron chi connectivity index (χ4n) is 2.18. The minimum absolute atomic E-state index is 0.109. The van der Waals surface area contributed by atoms with Gasteiger partial charge in [0.05, 0.1) is 5.92 Å². The molecule has 0 bridgehead atoms. The number of hydrogen-bond acceptors (Lipinski definition) is 3. The molecule has 0 aliphatic rings. The molecule has 0 spiro atoms. The molecule has 1 unspecified atom stereocenters. The lowest BCUT2D eigenvalue weighted by Crippen LogP contribution is -2.09. The summed E-state index contributed by atoms with van der Waals surface area (Å²) in [5, 5.41) is 0. The summed E-state index contributed by atoms with van der Waals surface area (Å²) < 4.78 is 11.2. The normalized spacial score (nSPS) is 11.6. The zero-order valence-corrected chi connectivity index (χ0v) is 11.3. The van der Waals surface area contributed by atoms with E-state index in [9.17, 15) is 9.46 Å². The second-order valence-electron chi connectivity index (χ2n) is 4.35. The molecule has 19 heavy (non-hydrogen) atoms. The Morgan fingerprint density at radius 2 is 1.37 bits per heavy atom. The van der Waals surface area contributed by atoms with E-state index in [1.165, 1.54) is 0 Å². The van der Waals surface area contributed by atoms with Crippen molar-refractivity contribution in [2.24, 2.45) is 0 Å². The Labute approximate surface area is 112 Å². The van der Waals surface area contributed by atoms with Crippen LogP contribution in [0, 0.1) is 0 Å². The number of hydrogen-bond donors (Lipinski definition) is 3. The number of benzene rings is 2. The van der Waals surface area contributed by atoms with E-state index < -0.39 is 8.03 Å². The van der Waals surface area contributed by atoms with Gasteiger partial charge in [0.15, 0.2) is 6.16 Å². The quantitative estimate of drug-likeness (QED) is 0.591. The van der Waals surface area contributed by atoms with Crippen LogP contribution in [0.25, 0.3) is 0 Å². The molecule has 0 saturated heterocycles. The Hall–Kier alpha value is -1.90. The molecule has 0 aromatic heterocycles. The van der Waals surface area contributed by atoms with Crippen molar-refractivity contribution in [3.63, 3.8) is 0 Å². The first-order valence-corrected chi connectivity index (χ1v) is 7.31. The Morgan fingerprint density at radius 3 is 1.74 bits per heavy atom. The Kier molecular flexibility index (Phi) is 4.15. The van der Waals surface area contributed by atoms with Crippen LogP contribution in [0.1, 0.15) is 17.0 Å². The number of rotatable bonds is 4. The molecule has 5 heteroatoms. The van der Waals surface area contributed by atoms with Gasteiger partial charge >= 0.3 is 8.03 Å². The molecule has 4 nitrogen and oxygen atoms in total. The maximum absolute atomic E-state index is 11.2. The molecule has 0 heterocycles. The average molecular weight is 275 g/mol. The standard InChI is InChI=1S/C14H15N2O2P/c15-13-7-3-1-5-10(13)12(9-19(17)18)11-6-2-4-8-14(11)16/h1-8,12H,9,15-16H2/p+1. The highest BCUT2D eigenvalue weighted by Crippen LogP contribution is 2.37. The van der Waals surface area contributed by atoms with Crippen LogP contribution < -0.4 is 11.5 Å². The third-order valence-corrected chi connectivity index (χ3v) is 3.76. The maximum Gasteiger partial charge on any atom is 0.506 e. The van der Waals surface area contributed by atoms with Crippen molar-refractivity contribution in [1.29, 1.82) is 0 Å². The van der Waals surface area contributed by atoms with Gasteiger partial charge in [0.2, 0.25) is 0 Å². The van der Waals surface area contributed by atoms with Gasteiger partial charge in [0.1, 0.15) is 0 Å².